The molecule has 0 saturated carbocycles. The second kappa shape index (κ2) is 19.3. The van der Waals surface area contributed by atoms with Crippen LogP contribution in [-0.4, -0.2) is 56.9 Å². The van der Waals surface area contributed by atoms with Crippen LogP contribution in [0.3, 0.4) is 0 Å². The number of benzene rings is 7. The Kier molecular flexibility index (Phi) is 13.8. The molecule has 0 aliphatic rings. The number of ether oxygens (including phenoxy) is 4. The van der Waals surface area contributed by atoms with Crippen molar-refractivity contribution >= 4 is 40.8 Å². The van der Waals surface area contributed by atoms with Gasteiger partial charge in [-0.15, -0.1) is 0 Å². The second-order valence-electron chi connectivity index (χ2n) is 15.2. The van der Waals surface area contributed by atoms with Gasteiger partial charge in [-0.2, -0.15) is 5.26 Å². The summed E-state index contributed by atoms with van der Waals surface area (Å²) in [5.74, 6) is 1.50. The monoisotopic (exact) mass is 808 g/mol. The van der Waals surface area contributed by atoms with Crippen LogP contribution in [0.1, 0.15) is 56.4 Å². The summed E-state index contributed by atoms with van der Waals surface area (Å²) >= 11 is 0. The van der Waals surface area contributed by atoms with Gasteiger partial charge in [-0.25, -0.2) is 4.67 Å². The van der Waals surface area contributed by atoms with Crippen molar-refractivity contribution in [3.63, 3.8) is 0 Å². The molecule has 0 heterocycles. The minimum absolute atomic E-state index is 0.145. The van der Waals surface area contributed by atoms with E-state index in [0.29, 0.717) is 6.61 Å². The summed E-state index contributed by atoms with van der Waals surface area (Å²) in [6.45, 7) is 9.50. The Labute approximate surface area is 349 Å². The number of hydrogen-bond donors (Lipinski definition) is 0. The van der Waals surface area contributed by atoms with E-state index in [9.17, 15) is 5.26 Å². The molecule has 0 bridgehead atoms. The van der Waals surface area contributed by atoms with Crippen LogP contribution in [-0.2, 0) is 30.7 Å². The summed E-state index contributed by atoms with van der Waals surface area (Å²) in [5.41, 5.74) is 2.83. The highest BCUT2D eigenvalue weighted by atomic mass is 31.2. The fourth-order valence-electron chi connectivity index (χ4n) is 8.03. The standard InChI is InChI=1S/C50H53N2O6P/c1-35(2)52(36(3)4)59(57-31-11-30-51)58-34-46(55-32-40-19-18-39-17-16-37-12-10-13-38-20-29-47(40)49(39)48(37)38)33-56-50(41-14-8-7-9-15-41,42-21-25-44(53-5)26-22-42)43-23-27-45(54-6)28-24-43/h7-10,12-29,35-36,46H,11,31-34H2,1-6H3. The zero-order chi connectivity index (χ0) is 41.4. The normalized spacial score (nSPS) is 13.2. The van der Waals surface area contributed by atoms with Gasteiger partial charge in [0, 0.05) is 12.1 Å². The van der Waals surface area contributed by atoms with Crippen molar-refractivity contribution < 1.29 is 28.0 Å². The van der Waals surface area contributed by atoms with Crippen LogP contribution in [0.2, 0.25) is 0 Å². The minimum Gasteiger partial charge on any atom is -0.497 e. The first-order valence-electron chi connectivity index (χ1n) is 20.2. The van der Waals surface area contributed by atoms with E-state index in [1.807, 2.05) is 42.5 Å². The van der Waals surface area contributed by atoms with Gasteiger partial charge >= 0.3 is 0 Å². The highest BCUT2D eigenvalue weighted by molar-refractivity contribution is 7.44. The van der Waals surface area contributed by atoms with Gasteiger partial charge in [0.15, 0.2) is 0 Å². The SMILES string of the molecule is COc1ccc(C(OCC(COP(OCCC#N)N(C(C)C)C(C)C)OCc2ccc3ccc4cccc5ccc2c3c45)(c2ccccc2)c2ccc(OC)cc2)cc1. The summed E-state index contributed by atoms with van der Waals surface area (Å²) < 4.78 is 40.8. The van der Waals surface area contributed by atoms with E-state index >= 15 is 0 Å². The van der Waals surface area contributed by atoms with Crippen molar-refractivity contribution in [2.75, 3.05) is 34.0 Å². The maximum absolute atomic E-state index is 9.36. The van der Waals surface area contributed by atoms with E-state index < -0.39 is 20.2 Å². The Morgan fingerprint density at radius 3 is 1.75 bits per heavy atom. The van der Waals surface area contributed by atoms with E-state index in [4.69, 9.17) is 28.0 Å². The van der Waals surface area contributed by atoms with Gasteiger partial charge in [0.25, 0.3) is 8.53 Å². The van der Waals surface area contributed by atoms with E-state index in [0.717, 1.165) is 39.1 Å². The molecular formula is C50H53N2O6P. The molecule has 7 aromatic rings. The molecule has 9 heteroatoms. The number of hydrogen-bond acceptors (Lipinski definition) is 8. The molecule has 0 aliphatic carbocycles. The van der Waals surface area contributed by atoms with E-state index in [-0.39, 0.29) is 38.3 Å². The molecule has 0 aromatic heterocycles. The average Bonchev–Trinajstić information content (AvgIpc) is 3.27. The Morgan fingerprint density at radius 2 is 1.17 bits per heavy atom. The summed E-state index contributed by atoms with van der Waals surface area (Å²) in [7, 11) is 1.80. The lowest BCUT2D eigenvalue weighted by Crippen LogP contribution is -2.38. The lowest BCUT2D eigenvalue weighted by atomic mass is 9.80. The summed E-state index contributed by atoms with van der Waals surface area (Å²) in [6.07, 6.45) is -0.258. The number of nitrogens with zero attached hydrogens (tertiary/aromatic N) is 2. The highest BCUT2D eigenvalue weighted by Gasteiger charge is 2.39. The largest absolute Gasteiger partial charge is 0.497 e. The second-order valence-corrected chi connectivity index (χ2v) is 16.6. The number of methoxy groups -OCH3 is 2. The smallest absolute Gasteiger partial charge is 0.259 e. The molecule has 304 valence electrons. The first-order chi connectivity index (χ1) is 28.8. The fourth-order valence-corrected chi connectivity index (χ4v) is 9.66. The predicted molar refractivity (Wildman–Crippen MR) is 238 cm³/mol. The molecule has 59 heavy (non-hydrogen) atoms. The van der Waals surface area contributed by atoms with Gasteiger partial charge in [-0.3, -0.25) is 0 Å². The van der Waals surface area contributed by atoms with E-state index in [2.05, 4.69) is 129 Å². The zero-order valence-corrected chi connectivity index (χ0v) is 35.7. The summed E-state index contributed by atoms with van der Waals surface area (Å²) in [4.78, 5) is 0. The number of nitriles is 1. The van der Waals surface area contributed by atoms with Crippen LogP contribution in [0.5, 0.6) is 11.5 Å². The van der Waals surface area contributed by atoms with Crippen LogP contribution >= 0.6 is 8.53 Å². The van der Waals surface area contributed by atoms with Gasteiger partial charge in [0.2, 0.25) is 0 Å². The molecule has 0 radical (unpaired) electrons. The molecule has 0 aliphatic heterocycles. The highest BCUT2D eigenvalue weighted by Crippen LogP contribution is 2.47. The molecule has 7 aromatic carbocycles. The molecule has 0 amide bonds. The third kappa shape index (κ3) is 9.07. The summed E-state index contributed by atoms with van der Waals surface area (Å²) in [6, 6.07) is 48.5. The molecule has 0 spiro atoms. The first kappa shape index (κ1) is 42.0. The lowest BCUT2D eigenvalue weighted by molar-refractivity contribution is -0.0836. The first-order valence-corrected chi connectivity index (χ1v) is 21.4. The van der Waals surface area contributed by atoms with Crippen molar-refractivity contribution in [3.8, 4) is 17.6 Å². The van der Waals surface area contributed by atoms with Gasteiger partial charge in [-0.05, 0) is 107 Å². The number of rotatable bonds is 20. The maximum Gasteiger partial charge on any atom is 0.259 e. The third-order valence-electron chi connectivity index (χ3n) is 10.8. The molecule has 2 atom stereocenters. The van der Waals surface area contributed by atoms with Crippen molar-refractivity contribution in [3.05, 3.63) is 156 Å². The fraction of sp³-hybridized carbons (Fsp3) is 0.300. The van der Waals surface area contributed by atoms with Crippen LogP contribution in [0.4, 0.5) is 0 Å². The summed E-state index contributed by atoms with van der Waals surface area (Å²) in [5, 5.41) is 16.7. The van der Waals surface area contributed by atoms with E-state index in [1.165, 1.54) is 26.9 Å². The molecule has 2 unspecified atom stereocenters. The Hall–Kier alpha value is -5.10. The Morgan fingerprint density at radius 1 is 0.610 bits per heavy atom. The van der Waals surface area contributed by atoms with Crippen LogP contribution in [0, 0.1) is 11.3 Å². The maximum atomic E-state index is 9.36. The Balaban J connectivity index is 1.28. The van der Waals surface area contributed by atoms with Gasteiger partial charge in [-0.1, -0.05) is 109 Å². The van der Waals surface area contributed by atoms with Crippen LogP contribution in [0.15, 0.2) is 133 Å². The van der Waals surface area contributed by atoms with E-state index in [1.54, 1.807) is 14.2 Å². The van der Waals surface area contributed by atoms with Gasteiger partial charge in [0.05, 0.1) is 53.1 Å². The van der Waals surface area contributed by atoms with Crippen molar-refractivity contribution in [1.82, 2.24) is 4.67 Å². The third-order valence-corrected chi connectivity index (χ3v) is 12.9. The molecular weight excluding hydrogens is 756 g/mol. The van der Waals surface area contributed by atoms with Crippen molar-refractivity contribution in [1.29, 1.82) is 5.26 Å². The van der Waals surface area contributed by atoms with Crippen molar-refractivity contribution in [2.45, 2.75) is 64.5 Å². The minimum atomic E-state index is -1.53. The molecule has 0 fully saturated rings. The quantitative estimate of drug-likeness (QED) is 0.0326. The molecule has 7 rings (SSSR count). The van der Waals surface area contributed by atoms with Crippen LogP contribution in [0.25, 0.3) is 32.3 Å². The topological polar surface area (TPSA) is 82.4 Å². The van der Waals surface area contributed by atoms with Gasteiger partial charge < -0.3 is 28.0 Å². The lowest BCUT2D eigenvalue weighted by Gasteiger charge is -2.38. The zero-order valence-electron chi connectivity index (χ0n) is 34.8. The Bertz CT molecular complexity index is 2380. The molecule has 0 N–H and O–H groups in total. The van der Waals surface area contributed by atoms with Crippen LogP contribution < -0.4 is 9.47 Å². The molecule has 8 nitrogen and oxygen atoms in total. The van der Waals surface area contributed by atoms with Crippen molar-refractivity contribution in [2.24, 2.45) is 0 Å². The van der Waals surface area contributed by atoms with Gasteiger partial charge in [0.1, 0.15) is 23.2 Å². The molecule has 0 saturated heterocycles. The predicted octanol–water partition coefficient (Wildman–Crippen LogP) is 11.8. The average molecular weight is 809 g/mol.